The van der Waals surface area contributed by atoms with E-state index in [9.17, 15) is 9.59 Å². The molecule has 2 saturated carbocycles. The van der Waals surface area contributed by atoms with Crippen molar-refractivity contribution in [3.8, 4) is 0 Å². The number of nitrogens with zero attached hydrogens (tertiary/aromatic N) is 1. The first-order chi connectivity index (χ1) is 9.10. The van der Waals surface area contributed by atoms with Gasteiger partial charge in [0.15, 0.2) is 0 Å². The first-order valence-electron chi connectivity index (χ1n) is 7.51. The molecular weight excluding hydrogens is 306 g/mol. The zero-order valence-electron chi connectivity index (χ0n) is 11.5. The van der Waals surface area contributed by atoms with Crippen LogP contribution in [-0.2, 0) is 9.59 Å². The molecule has 1 heterocycles. The van der Waals surface area contributed by atoms with E-state index in [0.29, 0.717) is 12.5 Å². The second kappa shape index (κ2) is 4.87. The molecular formula is C15H22BrNO2. The predicted octanol–water partition coefficient (Wildman–Crippen LogP) is 2.97. The molecule has 2 amide bonds. The number of carbonyl (C=O) groups is 2. The van der Waals surface area contributed by atoms with Crippen molar-refractivity contribution in [2.24, 2.45) is 23.2 Å². The molecule has 0 aromatic heterocycles. The van der Waals surface area contributed by atoms with Crippen LogP contribution in [0.3, 0.4) is 0 Å². The van der Waals surface area contributed by atoms with E-state index in [0.717, 1.165) is 37.4 Å². The lowest BCUT2D eigenvalue weighted by Gasteiger charge is -2.42. The average Bonchev–Trinajstić information content (AvgIpc) is 2.88. The summed E-state index contributed by atoms with van der Waals surface area (Å²) in [6, 6.07) is 0. The topological polar surface area (TPSA) is 37.4 Å². The Morgan fingerprint density at radius 2 is 1.79 bits per heavy atom. The smallest absolute Gasteiger partial charge is 0.233 e. The second-order valence-corrected chi connectivity index (χ2v) is 7.27. The van der Waals surface area contributed by atoms with E-state index in [4.69, 9.17) is 0 Å². The third kappa shape index (κ3) is 2.07. The van der Waals surface area contributed by atoms with Crippen LogP contribution in [0.1, 0.15) is 45.4 Å². The molecule has 19 heavy (non-hydrogen) atoms. The number of carbonyl (C=O) groups excluding carboxylic acids is 2. The fourth-order valence-corrected chi connectivity index (χ4v) is 4.77. The van der Waals surface area contributed by atoms with E-state index in [-0.39, 0.29) is 29.1 Å². The first-order valence-corrected chi connectivity index (χ1v) is 8.63. The zero-order chi connectivity index (χ0) is 13.6. The second-order valence-electron chi connectivity index (χ2n) is 6.71. The average molecular weight is 328 g/mol. The summed E-state index contributed by atoms with van der Waals surface area (Å²) in [4.78, 5) is 26.6. The van der Waals surface area contributed by atoms with Gasteiger partial charge in [0, 0.05) is 11.9 Å². The van der Waals surface area contributed by atoms with Gasteiger partial charge >= 0.3 is 0 Å². The van der Waals surface area contributed by atoms with Crippen molar-refractivity contribution in [3.63, 3.8) is 0 Å². The Hall–Kier alpha value is -0.380. The maximum Gasteiger partial charge on any atom is 0.233 e. The Morgan fingerprint density at radius 3 is 2.16 bits per heavy atom. The molecule has 2 unspecified atom stereocenters. The number of hydrogen-bond acceptors (Lipinski definition) is 2. The minimum atomic E-state index is 0.00454. The fraction of sp³-hybridized carbons (Fsp3) is 0.867. The van der Waals surface area contributed by atoms with Crippen LogP contribution in [0.2, 0.25) is 0 Å². The van der Waals surface area contributed by atoms with Crippen LogP contribution in [0.5, 0.6) is 0 Å². The molecule has 2 atom stereocenters. The maximum atomic E-state index is 12.5. The van der Waals surface area contributed by atoms with Gasteiger partial charge in [-0.05, 0) is 37.0 Å². The normalized spacial score (nSPS) is 36.5. The minimum absolute atomic E-state index is 0.00454. The van der Waals surface area contributed by atoms with Gasteiger partial charge in [-0.2, -0.15) is 0 Å². The van der Waals surface area contributed by atoms with Crippen molar-refractivity contribution in [2.45, 2.75) is 45.4 Å². The Balaban J connectivity index is 1.72. The van der Waals surface area contributed by atoms with Crippen molar-refractivity contribution in [1.82, 2.24) is 4.90 Å². The number of fused-ring (bicyclic) bond motifs is 1. The molecule has 106 valence electrons. The number of alkyl halides is 1. The van der Waals surface area contributed by atoms with Gasteiger partial charge in [-0.3, -0.25) is 14.5 Å². The molecule has 4 heteroatoms. The van der Waals surface area contributed by atoms with E-state index < -0.39 is 0 Å². The quantitative estimate of drug-likeness (QED) is 0.588. The third-order valence-corrected chi connectivity index (χ3v) is 6.78. The Morgan fingerprint density at radius 1 is 1.21 bits per heavy atom. The molecule has 2 aliphatic carbocycles. The number of halogens is 1. The van der Waals surface area contributed by atoms with Gasteiger partial charge in [-0.1, -0.05) is 35.7 Å². The summed E-state index contributed by atoms with van der Waals surface area (Å²) in [6.07, 6.45) is 6.48. The van der Waals surface area contributed by atoms with Gasteiger partial charge in [0.1, 0.15) is 0 Å². The Bertz CT molecular complexity index is 375. The summed E-state index contributed by atoms with van der Waals surface area (Å²) in [5.41, 5.74) is 0.175. The standard InChI is InChI=1S/C15H22BrNO2/c1-2-10-6-11-12(7-10)14(19)17(13(11)18)9-15(8-16)4-3-5-15/h10-12H,2-9H2,1H3. The lowest BCUT2D eigenvalue weighted by Crippen LogP contribution is -2.46. The lowest BCUT2D eigenvalue weighted by atomic mass is 9.70. The maximum absolute atomic E-state index is 12.5. The lowest BCUT2D eigenvalue weighted by molar-refractivity contribution is -0.143. The predicted molar refractivity (Wildman–Crippen MR) is 76.8 cm³/mol. The summed E-state index contributed by atoms with van der Waals surface area (Å²) in [5.74, 6) is 0.838. The molecule has 0 aromatic carbocycles. The summed E-state index contributed by atoms with van der Waals surface area (Å²) in [7, 11) is 0. The number of amides is 2. The van der Waals surface area contributed by atoms with E-state index in [1.807, 2.05) is 0 Å². The molecule has 3 rings (SSSR count). The number of likely N-dealkylation sites (tertiary alicyclic amines) is 1. The molecule has 0 spiro atoms. The number of imide groups is 1. The van der Waals surface area contributed by atoms with E-state index in [2.05, 4.69) is 22.9 Å². The van der Waals surface area contributed by atoms with Crippen LogP contribution in [-0.4, -0.2) is 28.6 Å². The van der Waals surface area contributed by atoms with Crippen LogP contribution in [0.25, 0.3) is 0 Å². The Kier molecular flexibility index (Phi) is 3.48. The minimum Gasteiger partial charge on any atom is -0.282 e. The van der Waals surface area contributed by atoms with E-state index in [1.165, 1.54) is 6.42 Å². The summed E-state index contributed by atoms with van der Waals surface area (Å²) < 4.78 is 0. The fourth-order valence-electron chi connectivity index (χ4n) is 4.03. The highest BCUT2D eigenvalue weighted by molar-refractivity contribution is 9.09. The van der Waals surface area contributed by atoms with E-state index >= 15 is 0 Å². The van der Waals surface area contributed by atoms with Gasteiger partial charge in [-0.15, -0.1) is 0 Å². The summed E-state index contributed by atoms with van der Waals surface area (Å²) in [5, 5.41) is 0.907. The van der Waals surface area contributed by atoms with Crippen LogP contribution in [0, 0.1) is 23.2 Å². The summed E-state index contributed by atoms with van der Waals surface area (Å²) >= 11 is 3.56. The highest BCUT2D eigenvalue weighted by atomic mass is 79.9. The van der Waals surface area contributed by atoms with Crippen molar-refractivity contribution in [1.29, 1.82) is 0 Å². The van der Waals surface area contributed by atoms with Gasteiger partial charge in [0.25, 0.3) is 0 Å². The molecule has 0 radical (unpaired) electrons. The van der Waals surface area contributed by atoms with Crippen LogP contribution >= 0.6 is 15.9 Å². The molecule has 1 aliphatic heterocycles. The SMILES string of the molecule is CCC1CC2C(=O)N(CC3(CBr)CCC3)C(=O)C2C1. The van der Waals surface area contributed by atoms with Gasteiger partial charge in [0.2, 0.25) is 11.8 Å². The molecule has 3 nitrogen and oxygen atoms in total. The molecule has 0 bridgehead atoms. The van der Waals surface area contributed by atoms with Gasteiger partial charge < -0.3 is 0 Å². The van der Waals surface area contributed by atoms with Crippen LogP contribution in [0.4, 0.5) is 0 Å². The molecule has 0 N–H and O–H groups in total. The molecule has 0 aromatic rings. The first kappa shape index (κ1) is 13.6. The van der Waals surface area contributed by atoms with Crippen molar-refractivity contribution in [3.05, 3.63) is 0 Å². The van der Waals surface area contributed by atoms with Crippen LogP contribution in [0.15, 0.2) is 0 Å². The summed E-state index contributed by atoms with van der Waals surface area (Å²) in [6.45, 7) is 2.81. The van der Waals surface area contributed by atoms with Crippen molar-refractivity contribution in [2.75, 3.05) is 11.9 Å². The molecule has 1 saturated heterocycles. The monoisotopic (exact) mass is 327 g/mol. The number of hydrogen-bond donors (Lipinski definition) is 0. The largest absolute Gasteiger partial charge is 0.282 e. The van der Waals surface area contributed by atoms with Gasteiger partial charge in [0.05, 0.1) is 11.8 Å². The highest BCUT2D eigenvalue weighted by Gasteiger charge is 2.54. The molecule has 3 aliphatic rings. The van der Waals surface area contributed by atoms with E-state index in [1.54, 1.807) is 4.90 Å². The highest BCUT2D eigenvalue weighted by Crippen LogP contribution is 2.48. The third-order valence-electron chi connectivity index (χ3n) is 5.60. The Labute approximate surface area is 123 Å². The zero-order valence-corrected chi connectivity index (χ0v) is 13.1. The van der Waals surface area contributed by atoms with Crippen molar-refractivity contribution < 1.29 is 9.59 Å². The van der Waals surface area contributed by atoms with Gasteiger partial charge in [-0.25, -0.2) is 0 Å². The number of rotatable bonds is 4. The van der Waals surface area contributed by atoms with Crippen LogP contribution < -0.4 is 0 Å². The molecule has 3 fully saturated rings. The van der Waals surface area contributed by atoms with Crippen molar-refractivity contribution >= 4 is 27.7 Å².